The van der Waals surface area contributed by atoms with E-state index in [1.54, 1.807) is 63.2 Å². The van der Waals surface area contributed by atoms with Gasteiger partial charge in [-0.05, 0) is 57.2 Å². The molecule has 1 atom stereocenters. The Bertz CT molecular complexity index is 1220. The summed E-state index contributed by atoms with van der Waals surface area (Å²) >= 11 is 1.20. The summed E-state index contributed by atoms with van der Waals surface area (Å²) in [6, 6.07) is 15.8. The molecule has 0 fully saturated rings. The van der Waals surface area contributed by atoms with E-state index in [-0.39, 0.29) is 11.8 Å². The van der Waals surface area contributed by atoms with Crippen LogP contribution in [0.1, 0.15) is 34.4 Å². The number of methoxy groups -OCH3 is 1. The van der Waals surface area contributed by atoms with Crippen LogP contribution in [0, 0.1) is 25.2 Å². The topological polar surface area (TPSA) is 117 Å². The zero-order valence-corrected chi connectivity index (χ0v) is 19.5. The van der Waals surface area contributed by atoms with E-state index < -0.39 is 5.25 Å². The number of anilines is 2. The highest BCUT2D eigenvalue weighted by Gasteiger charge is 2.20. The average Bonchev–Trinajstić information content (AvgIpc) is 2.79. The lowest BCUT2D eigenvalue weighted by Crippen LogP contribution is -2.23. The van der Waals surface area contributed by atoms with Crippen LogP contribution in [0.3, 0.4) is 0 Å². The molecule has 0 bridgehead atoms. The van der Waals surface area contributed by atoms with Gasteiger partial charge in [0.25, 0.3) is 5.91 Å². The molecule has 0 saturated carbocycles. The average molecular weight is 462 g/mol. The Labute approximate surface area is 196 Å². The fourth-order valence-corrected chi connectivity index (χ4v) is 4.00. The monoisotopic (exact) mass is 461 g/mol. The predicted octanol–water partition coefficient (Wildman–Crippen LogP) is 4.35. The van der Waals surface area contributed by atoms with Gasteiger partial charge in [0.15, 0.2) is 0 Å². The van der Waals surface area contributed by atoms with Crippen LogP contribution in [0.4, 0.5) is 11.4 Å². The molecule has 0 saturated heterocycles. The van der Waals surface area contributed by atoms with E-state index in [2.05, 4.69) is 26.7 Å². The summed E-state index contributed by atoms with van der Waals surface area (Å²) < 4.78 is 5.25. The second-order valence-electron chi connectivity index (χ2n) is 7.13. The van der Waals surface area contributed by atoms with Crippen LogP contribution in [-0.4, -0.2) is 34.1 Å². The second kappa shape index (κ2) is 10.6. The summed E-state index contributed by atoms with van der Waals surface area (Å²) in [6.45, 7) is 5.23. The molecule has 1 heterocycles. The first-order chi connectivity index (χ1) is 15.8. The van der Waals surface area contributed by atoms with Gasteiger partial charge in [0, 0.05) is 11.3 Å². The van der Waals surface area contributed by atoms with Gasteiger partial charge in [0.05, 0.1) is 23.7 Å². The van der Waals surface area contributed by atoms with E-state index in [0.717, 1.165) is 0 Å². The van der Waals surface area contributed by atoms with Gasteiger partial charge < -0.3 is 15.4 Å². The van der Waals surface area contributed by atoms with E-state index in [9.17, 15) is 14.9 Å². The molecule has 33 heavy (non-hydrogen) atoms. The van der Waals surface area contributed by atoms with E-state index in [1.165, 1.54) is 18.9 Å². The Morgan fingerprint density at radius 1 is 1.06 bits per heavy atom. The van der Waals surface area contributed by atoms with Crippen molar-refractivity contribution in [1.29, 1.82) is 5.26 Å². The van der Waals surface area contributed by atoms with Crippen LogP contribution in [0.15, 0.2) is 53.6 Å². The van der Waals surface area contributed by atoms with Crippen molar-refractivity contribution < 1.29 is 14.3 Å². The predicted molar refractivity (Wildman–Crippen MR) is 128 cm³/mol. The number of hydrogen-bond acceptors (Lipinski definition) is 7. The van der Waals surface area contributed by atoms with Gasteiger partial charge in [0.1, 0.15) is 28.2 Å². The number of carbonyl (C=O) groups is 2. The fraction of sp³-hybridized carbons (Fsp3) is 0.208. The number of aromatic nitrogens is 2. The maximum absolute atomic E-state index is 12.7. The molecule has 168 valence electrons. The Hall–Kier alpha value is -3.90. The minimum Gasteiger partial charge on any atom is -0.495 e. The van der Waals surface area contributed by atoms with Crippen molar-refractivity contribution in [3.63, 3.8) is 0 Å². The Morgan fingerprint density at radius 3 is 2.42 bits per heavy atom. The zero-order valence-electron chi connectivity index (χ0n) is 18.7. The van der Waals surface area contributed by atoms with Crippen LogP contribution in [0.5, 0.6) is 5.75 Å². The molecule has 2 amide bonds. The Kier molecular flexibility index (Phi) is 7.64. The van der Waals surface area contributed by atoms with Gasteiger partial charge in [-0.25, -0.2) is 9.97 Å². The van der Waals surface area contributed by atoms with E-state index in [1.807, 2.05) is 6.07 Å². The van der Waals surface area contributed by atoms with Crippen LogP contribution < -0.4 is 15.4 Å². The lowest BCUT2D eigenvalue weighted by molar-refractivity contribution is -0.115. The van der Waals surface area contributed by atoms with Crippen LogP contribution in [0.2, 0.25) is 0 Å². The SMILES string of the molecule is COc1ccccc1NC(=O)c1ccc(NC(=O)C(C)Sc2nc(C)nc(C)c2C#N)cc1. The van der Waals surface area contributed by atoms with Gasteiger partial charge in [-0.3, -0.25) is 9.59 Å². The molecule has 0 aliphatic carbocycles. The van der Waals surface area contributed by atoms with Crippen molar-refractivity contribution in [3.8, 4) is 11.8 Å². The third kappa shape index (κ3) is 5.87. The van der Waals surface area contributed by atoms with E-state index >= 15 is 0 Å². The van der Waals surface area contributed by atoms with Crippen LogP contribution >= 0.6 is 11.8 Å². The van der Waals surface area contributed by atoms with Crippen molar-refractivity contribution in [2.75, 3.05) is 17.7 Å². The number of hydrogen-bond donors (Lipinski definition) is 2. The number of thioether (sulfide) groups is 1. The number of rotatable bonds is 7. The highest BCUT2D eigenvalue weighted by molar-refractivity contribution is 8.00. The third-order valence-corrected chi connectivity index (χ3v) is 5.79. The Balaban J connectivity index is 1.64. The molecule has 2 aromatic carbocycles. The summed E-state index contributed by atoms with van der Waals surface area (Å²) in [7, 11) is 1.54. The minimum absolute atomic E-state index is 0.246. The number of nitrogens with zero attached hydrogens (tertiary/aromatic N) is 3. The first-order valence-corrected chi connectivity index (χ1v) is 11.0. The Morgan fingerprint density at radius 2 is 1.76 bits per heavy atom. The van der Waals surface area contributed by atoms with Crippen LogP contribution in [-0.2, 0) is 4.79 Å². The van der Waals surface area contributed by atoms with Gasteiger partial charge in [-0.1, -0.05) is 23.9 Å². The number of amides is 2. The van der Waals surface area contributed by atoms with Gasteiger partial charge in [0.2, 0.25) is 5.91 Å². The summed E-state index contributed by atoms with van der Waals surface area (Å²) in [5.74, 6) is 0.572. The molecule has 3 aromatic rings. The standard InChI is InChI=1S/C24H23N5O3S/c1-14-19(13-25)24(27-16(3)26-14)33-15(2)22(30)28-18-11-9-17(10-12-18)23(31)29-20-7-5-6-8-21(20)32-4/h5-12,15H,1-4H3,(H,28,30)(H,29,31). The summed E-state index contributed by atoms with van der Waals surface area (Å²) in [5, 5.41) is 15.0. The van der Waals surface area contributed by atoms with E-state index in [0.29, 0.717) is 44.8 Å². The molecule has 0 spiro atoms. The number of nitrogens with one attached hydrogen (secondary N) is 2. The molecule has 9 heteroatoms. The molecule has 0 radical (unpaired) electrons. The number of ether oxygens (including phenoxy) is 1. The summed E-state index contributed by atoms with van der Waals surface area (Å²) in [4.78, 5) is 33.7. The number of carbonyl (C=O) groups excluding carboxylic acids is 2. The molecular weight excluding hydrogens is 438 g/mol. The van der Waals surface area contributed by atoms with Gasteiger partial charge in [-0.2, -0.15) is 5.26 Å². The molecule has 2 N–H and O–H groups in total. The molecule has 3 rings (SSSR count). The van der Waals surface area contributed by atoms with Crippen LogP contribution in [0.25, 0.3) is 0 Å². The molecule has 8 nitrogen and oxygen atoms in total. The molecule has 1 unspecified atom stereocenters. The van der Waals surface area contributed by atoms with Gasteiger partial charge in [-0.15, -0.1) is 0 Å². The molecule has 1 aromatic heterocycles. The number of benzene rings is 2. The first-order valence-electron chi connectivity index (χ1n) is 10.1. The molecule has 0 aliphatic heterocycles. The maximum Gasteiger partial charge on any atom is 0.255 e. The number of aryl methyl sites for hydroxylation is 2. The van der Waals surface area contributed by atoms with Crippen molar-refractivity contribution in [1.82, 2.24) is 9.97 Å². The van der Waals surface area contributed by atoms with Crippen molar-refractivity contribution in [2.45, 2.75) is 31.0 Å². The largest absolute Gasteiger partial charge is 0.495 e. The van der Waals surface area contributed by atoms with Crippen molar-refractivity contribution in [2.24, 2.45) is 0 Å². The lowest BCUT2D eigenvalue weighted by atomic mass is 10.2. The lowest BCUT2D eigenvalue weighted by Gasteiger charge is -2.14. The highest BCUT2D eigenvalue weighted by atomic mass is 32.2. The molecule has 0 aliphatic rings. The first kappa shape index (κ1) is 23.8. The van der Waals surface area contributed by atoms with E-state index in [4.69, 9.17) is 4.74 Å². The minimum atomic E-state index is -0.501. The summed E-state index contributed by atoms with van der Waals surface area (Å²) in [6.07, 6.45) is 0. The van der Waals surface area contributed by atoms with Gasteiger partial charge >= 0.3 is 0 Å². The van der Waals surface area contributed by atoms with Crippen molar-refractivity contribution >= 4 is 35.0 Å². The zero-order chi connectivity index (χ0) is 24.0. The van der Waals surface area contributed by atoms with Crippen molar-refractivity contribution in [3.05, 3.63) is 71.2 Å². The highest BCUT2D eigenvalue weighted by Crippen LogP contribution is 2.27. The quantitative estimate of drug-likeness (QED) is 0.397. The fourth-order valence-electron chi connectivity index (χ4n) is 3.01. The number of nitriles is 1. The normalized spacial score (nSPS) is 11.2. The third-order valence-electron chi connectivity index (χ3n) is 4.71. The summed E-state index contributed by atoms with van der Waals surface area (Å²) in [5.41, 5.74) is 2.52. The second-order valence-corrected chi connectivity index (χ2v) is 8.46. The molecular formula is C24H23N5O3S. The number of para-hydroxylation sites is 2. The maximum atomic E-state index is 12.7. The smallest absolute Gasteiger partial charge is 0.255 e.